The van der Waals surface area contributed by atoms with E-state index in [9.17, 15) is 0 Å². The van der Waals surface area contributed by atoms with Crippen molar-refractivity contribution in [1.29, 1.82) is 0 Å². The third-order valence-electron chi connectivity index (χ3n) is 2.73. The molecule has 1 aromatic carbocycles. The monoisotopic (exact) mass is 236 g/mol. The van der Waals surface area contributed by atoms with Gasteiger partial charge in [0.2, 0.25) is 5.75 Å². The molecule has 1 unspecified atom stereocenters. The fourth-order valence-corrected chi connectivity index (χ4v) is 1.75. The van der Waals surface area contributed by atoms with Gasteiger partial charge >= 0.3 is 0 Å². The third-order valence-corrected chi connectivity index (χ3v) is 2.73. The summed E-state index contributed by atoms with van der Waals surface area (Å²) < 4.78 is 16.0. The molecule has 1 atom stereocenters. The van der Waals surface area contributed by atoms with Crippen LogP contribution >= 0.6 is 0 Å². The molecule has 0 fully saturated rings. The highest BCUT2D eigenvalue weighted by Gasteiger charge is 2.16. The van der Waals surface area contributed by atoms with Gasteiger partial charge in [0.05, 0.1) is 21.3 Å². The van der Waals surface area contributed by atoms with E-state index in [1.165, 1.54) is 0 Å². The zero-order valence-electron chi connectivity index (χ0n) is 10.9. The zero-order chi connectivity index (χ0) is 12.8. The van der Waals surface area contributed by atoms with Crippen LogP contribution in [0.25, 0.3) is 0 Å². The molecule has 1 rings (SSSR count). The Labute approximate surface area is 103 Å². The van der Waals surface area contributed by atoms with Crippen LogP contribution in [0.2, 0.25) is 0 Å². The van der Waals surface area contributed by atoms with Gasteiger partial charge in [-0.1, -0.05) is 19.1 Å². The summed E-state index contributed by atoms with van der Waals surface area (Å²) in [5, 5.41) is 0. The zero-order valence-corrected chi connectivity index (χ0v) is 10.9. The third kappa shape index (κ3) is 2.93. The molecule has 0 aromatic heterocycles. The molecule has 0 spiro atoms. The Morgan fingerprint density at radius 2 is 1.76 bits per heavy atom. The Balaban J connectivity index is 3.18. The van der Waals surface area contributed by atoms with Crippen LogP contribution in [0, 0.1) is 5.92 Å². The molecule has 0 heterocycles. The maximum Gasteiger partial charge on any atom is 0.203 e. The fraction of sp³-hybridized carbons (Fsp3) is 0.429. The van der Waals surface area contributed by atoms with Crippen molar-refractivity contribution in [3.63, 3.8) is 0 Å². The molecule has 0 bridgehead atoms. The van der Waals surface area contributed by atoms with E-state index in [0.717, 1.165) is 17.7 Å². The SMILES string of the molecule is C=CC(C)Cc1ccc(OC)c(OC)c1OC. The van der Waals surface area contributed by atoms with Gasteiger partial charge in [-0.25, -0.2) is 0 Å². The van der Waals surface area contributed by atoms with Crippen molar-refractivity contribution >= 4 is 0 Å². The van der Waals surface area contributed by atoms with Gasteiger partial charge in [0.1, 0.15) is 0 Å². The number of allylic oxidation sites excluding steroid dienone is 1. The molecule has 0 aliphatic heterocycles. The lowest BCUT2D eigenvalue weighted by molar-refractivity contribution is 0.321. The van der Waals surface area contributed by atoms with Crippen molar-refractivity contribution in [3.8, 4) is 17.2 Å². The second-order valence-electron chi connectivity index (χ2n) is 3.91. The van der Waals surface area contributed by atoms with Gasteiger partial charge < -0.3 is 14.2 Å². The highest BCUT2D eigenvalue weighted by Crippen LogP contribution is 2.40. The normalized spacial score (nSPS) is 11.8. The first-order chi connectivity index (χ1) is 8.17. The molecule has 0 amide bonds. The van der Waals surface area contributed by atoms with E-state index in [-0.39, 0.29) is 0 Å². The molecule has 94 valence electrons. The summed E-state index contributed by atoms with van der Waals surface area (Å²) in [6, 6.07) is 3.90. The maximum atomic E-state index is 5.42. The standard InChI is InChI=1S/C14H20O3/c1-6-10(2)9-11-7-8-12(15-3)14(17-5)13(11)16-4/h6-8,10H,1,9H2,2-5H3. The minimum atomic E-state index is 0.391. The molecule has 17 heavy (non-hydrogen) atoms. The number of rotatable bonds is 6. The molecule has 3 heteroatoms. The first-order valence-electron chi connectivity index (χ1n) is 5.58. The molecule has 0 saturated carbocycles. The lowest BCUT2D eigenvalue weighted by Gasteiger charge is -2.16. The molecule has 0 saturated heterocycles. The summed E-state index contributed by atoms with van der Waals surface area (Å²) in [5.74, 6) is 2.45. The molecule has 0 aliphatic carbocycles. The van der Waals surface area contributed by atoms with Crippen LogP contribution in [0.15, 0.2) is 24.8 Å². The van der Waals surface area contributed by atoms with Crippen LogP contribution in [-0.2, 0) is 6.42 Å². The average molecular weight is 236 g/mol. The molecule has 3 nitrogen and oxygen atoms in total. The van der Waals surface area contributed by atoms with Gasteiger partial charge in [0, 0.05) is 0 Å². The van der Waals surface area contributed by atoms with Crippen LogP contribution in [0.1, 0.15) is 12.5 Å². The summed E-state index contributed by atoms with van der Waals surface area (Å²) in [4.78, 5) is 0. The number of ether oxygens (including phenoxy) is 3. The van der Waals surface area contributed by atoms with E-state index >= 15 is 0 Å². The predicted octanol–water partition coefficient (Wildman–Crippen LogP) is 3.08. The van der Waals surface area contributed by atoms with E-state index in [2.05, 4.69) is 13.5 Å². The lowest BCUT2D eigenvalue weighted by atomic mass is 10.00. The van der Waals surface area contributed by atoms with E-state index in [1.54, 1.807) is 21.3 Å². The van der Waals surface area contributed by atoms with Crippen molar-refractivity contribution < 1.29 is 14.2 Å². The highest BCUT2D eigenvalue weighted by molar-refractivity contribution is 5.55. The number of hydrogen-bond donors (Lipinski definition) is 0. The summed E-state index contributed by atoms with van der Waals surface area (Å²) in [6.45, 7) is 5.91. The molecular formula is C14H20O3. The highest BCUT2D eigenvalue weighted by atomic mass is 16.5. The van der Waals surface area contributed by atoms with E-state index in [1.807, 2.05) is 18.2 Å². The second-order valence-corrected chi connectivity index (χ2v) is 3.91. The molecule has 0 aliphatic rings. The minimum Gasteiger partial charge on any atom is -0.493 e. The van der Waals surface area contributed by atoms with E-state index in [4.69, 9.17) is 14.2 Å². The lowest BCUT2D eigenvalue weighted by Crippen LogP contribution is -2.02. The number of methoxy groups -OCH3 is 3. The molecule has 1 aromatic rings. The number of hydrogen-bond acceptors (Lipinski definition) is 3. The fourth-order valence-electron chi connectivity index (χ4n) is 1.75. The van der Waals surface area contributed by atoms with Crippen molar-refractivity contribution in [3.05, 3.63) is 30.4 Å². The van der Waals surface area contributed by atoms with Gasteiger partial charge in [-0.2, -0.15) is 0 Å². The summed E-state index contributed by atoms with van der Waals surface area (Å²) in [7, 11) is 4.86. The van der Waals surface area contributed by atoms with Gasteiger partial charge in [0.25, 0.3) is 0 Å². The maximum absolute atomic E-state index is 5.42. The Bertz CT molecular complexity index is 385. The summed E-state index contributed by atoms with van der Waals surface area (Å²) in [6.07, 6.45) is 2.79. The first kappa shape index (κ1) is 13.4. The van der Waals surface area contributed by atoms with Gasteiger partial charge in [-0.15, -0.1) is 6.58 Å². The Morgan fingerprint density at radius 1 is 1.12 bits per heavy atom. The minimum absolute atomic E-state index is 0.391. The molecule has 0 radical (unpaired) electrons. The quantitative estimate of drug-likeness (QED) is 0.710. The van der Waals surface area contributed by atoms with Crippen LogP contribution in [0.3, 0.4) is 0 Å². The number of benzene rings is 1. The summed E-state index contributed by atoms with van der Waals surface area (Å²) in [5.41, 5.74) is 1.09. The van der Waals surface area contributed by atoms with Crippen LogP contribution < -0.4 is 14.2 Å². The largest absolute Gasteiger partial charge is 0.493 e. The topological polar surface area (TPSA) is 27.7 Å². The van der Waals surface area contributed by atoms with E-state index in [0.29, 0.717) is 17.4 Å². The Morgan fingerprint density at radius 3 is 2.24 bits per heavy atom. The van der Waals surface area contributed by atoms with Gasteiger partial charge in [-0.05, 0) is 24.0 Å². The smallest absolute Gasteiger partial charge is 0.203 e. The molecular weight excluding hydrogens is 216 g/mol. The van der Waals surface area contributed by atoms with E-state index < -0.39 is 0 Å². The summed E-state index contributed by atoms with van der Waals surface area (Å²) >= 11 is 0. The van der Waals surface area contributed by atoms with Crippen LogP contribution in [-0.4, -0.2) is 21.3 Å². The van der Waals surface area contributed by atoms with Gasteiger partial charge in [-0.3, -0.25) is 0 Å². The van der Waals surface area contributed by atoms with Gasteiger partial charge in [0.15, 0.2) is 11.5 Å². The van der Waals surface area contributed by atoms with Crippen molar-refractivity contribution in [1.82, 2.24) is 0 Å². The Hall–Kier alpha value is -1.64. The van der Waals surface area contributed by atoms with Crippen molar-refractivity contribution in [2.75, 3.05) is 21.3 Å². The second kappa shape index (κ2) is 6.18. The van der Waals surface area contributed by atoms with Crippen molar-refractivity contribution in [2.45, 2.75) is 13.3 Å². The Kier molecular flexibility index (Phi) is 4.88. The van der Waals surface area contributed by atoms with Crippen LogP contribution in [0.5, 0.6) is 17.2 Å². The van der Waals surface area contributed by atoms with Crippen molar-refractivity contribution in [2.24, 2.45) is 5.92 Å². The first-order valence-corrected chi connectivity index (χ1v) is 5.58. The molecule has 0 N–H and O–H groups in total. The van der Waals surface area contributed by atoms with Crippen LogP contribution in [0.4, 0.5) is 0 Å². The average Bonchev–Trinajstić information content (AvgIpc) is 2.37. The predicted molar refractivity (Wildman–Crippen MR) is 69.2 cm³/mol.